The van der Waals surface area contributed by atoms with Crippen LogP contribution in [0.5, 0.6) is 5.75 Å². The van der Waals surface area contributed by atoms with Gasteiger partial charge in [0.15, 0.2) is 5.96 Å². The summed E-state index contributed by atoms with van der Waals surface area (Å²) in [4.78, 5) is 7.35. The van der Waals surface area contributed by atoms with Crippen molar-refractivity contribution in [3.63, 3.8) is 0 Å². The van der Waals surface area contributed by atoms with Crippen LogP contribution in [0.2, 0.25) is 0 Å². The first-order valence-corrected chi connectivity index (χ1v) is 11.3. The smallest absolute Gasteiger partial charge is 0.191 e. The molecule has 184 valence electrons. The number of halogens is 1. The summed E-state index contributed by atoms with van der Waals surface area (Å²) in [7, 11) is 3.38. The maximum atomic E-state index is 5.55. The van der Waals surface area contributed by atoms with Crippen molar-refractivity contribution in [2.24, 2.45) is 4.99 Å². The summed E-state index contributed by atoms with van der Waals surface area (Å²) < 4.78 is 21.4. The van der Waals surface area contributed by atoms with Gasteiger partial charge in [-0.25, -0.2) is 0 Å². The molecular weight excluding hydrogens is 523 g/mol. The van der Waals surface area contributed by atoms with E-state index in [1.807, 2.05) is 12.1 Å². The van der Waals surface area contributed by atoms with E-state index < -0.39 is 0 Å². The summed E-state index contributed by atoms with van der Waals surface area (Å²) in [6.45, 7) is 9.89. The van der Waals surface area contributed by atoms with Crippen LogP contribution in [0.3, 0.4) is 0 Å². The predicted octanol–water partition coefficient (Wildman–Crippen LogP) is 2.68. The van der Waals surface area contributed by atoms with E-state index in [9.17, 15) is 0 Å². The molecule has 9 heteroatoms. The summed E-state index contributed by atoms with van der Waals surface area (Å²) in [5.41, 5.74) is 1.25. The van der Waals surface area contributed by atoms with Crippen LogP contribution in [0, 0.1) is 0 Å². The number of nitrogens with zero attached hydrogens (tertiary/aromatic N) is 2. The highest BCUT2D eigenvalue weighted by Gasteiger charge is 2.22. The molecule has 1 aliphatic heterocycles. The number of ether oxygens (including phenoxy) is 4. The average molecular weight is 565 g/mol. The Bertz CT molecular complexity index is 613. The van der Waals surface area contributed by atoms with E-state index in [4.69, 9.17) is 23.9 Å². The molecular formula is C23H41IN4O4. The van der Waals surface area contributed by atoms with Crippen LogP contribution in [-0.2, 0) is 14.2 Å². The second-order valence-corrected chi connectivity index (χ2v) is 7.40. The van der Waals surface area contributed by atoms with Gasteiger partial charge in [-0.1, -0.05) is 12.1 Å². The molecule has 1 unspecified atom stereocenters. The molecule has 0 amide bonds. The Labute approximate surface area is 210 Å². The van der Waals surface area contributed by atoms with Crippen molar-refractivity contribution in [2.45, 2.75) is 25.8 Å². The number of guanidine groups is 1. The van der Waals surface area contributed by atoms with Crippen molar-refractivity contribution >= 4 is 29.9 Å². The lowest BCUT2D eigenvalue weighted by Crippen LogP contribution is -2.42. The number of methoxy groups -OCH3 is 2. The Morgan fingerprint density at radius 1 is 1.06 bits per heavy atom. The zero-order chi connectivity index (χ0) is 22.2. The van der Waals surface area contributed by atoms with Crippen LogP contribution in [0.15, 0.2) is 29.3 Å². The molecule has 2 N–H and O–H groups in total. The Kier molecular flexibility index (Phi) is 16.5. The number of hydrogen-bond donors (Lipinski definition) is 2. The van der Waals surface area contributed by atoms with E-state index in [2.05, 4.69) is 34.6 Å². The maximum absolute atomic E-state index is 5.55. The third-order valence-electron chi connectivity index (χ3n) is 5.19. The van der Waals surface area contributed by atoms with Gasteiger partial charge in [0, 0.05) is 39.9 Å². The van der Waals surface area contributed by atoms with Gasteiger partial charge in [0.2, 0.25) is 0 Å². The standard InChI is InChI=1S/C23H40N4O4.HI/c1-4-24-23(25-11-5-6-14-30-18-17-28-2)26-19-22(27-12-15-31-16-13-27)20-7-9-21(29-3)10-8-20;/h7-10,22H,4-6,11-19H2,1-3H3,(H2,24,25,26);1H. The van der Waals surface area contributed by atoms with Crippen LogP contribution in [-0.4, -0.2) is 90.8 Å². The molecule has 1 atom stereocenters. The summed E-state index contributed by atoms with van der Waals surface area (Å²) >= 11 is 0. The fourth-order valence-corrected chi connectivity index (χ4v) is 3.45. The Balaban J connectivity index is 0.00000512. The minimum Gasteiger partial charge on any atom is -0.497 e. The number of nitrogens with one attached hydrogen (secondary N) is 2. The quantitative estimate of drug-likeness (QED) is 0.156. The van der Waals surface area contributed by atoms with E-state index >= 15 is 0 Å². The van der Waals surface area contributed by atoms with E-state index in [0.717, 1.165) is 70.6 Å². The first kappa shape index (κ1) is 28.9. The number of aliphatic imine (C=N–C) groups is 1. The van der Waals surface area contributed by atoms with Crippen molar-refractivity contribution in [1.29, 1.82) is 0 Å². The van der Waals surface area contributed by atoms with Gasteiger partial charge in [0.05, 0.1) is 46.1 Å². The van der Waals surface area contributed by atoms with Crippen LogP contribution >= 0.6 is 24.0 Å². The number of rotatable bonds is 14. The minimum atomic E-state index is 0. The molecule has 0 aromatic heterocycles. The Morgan fingerprint density at radius 2 is 1.81 bits per heavy atom. The first-order valence-electron chi connectivity index (χ1n) is 11.3. The molecule has 1 aromatic carbocycles. The van der Waals surface area contributed by atoms with E-state index in [1.54, 1.807) is 14.2 Å². The topological polar surface area (TPSA) is 76.6 Å². The summed E-state index contributed by atoms with van der Waals surface area (Å²) in [5, 5.41) is 6.80. The molecule has 0 spiro atoms. The number of unbranched alkanes of at least 4 members (excludes halogenated alkanes) is 1. The summed E-state index contributed by atoms with van der Waals surface area (Å²) in [6.07, 6.45) is 2.04. The average Bonchev–Trinajstić information content (AvgIpc) is 2.82. The molecule has 1 aromatic rings. The number of morpholine rings is 1. The lowest BCUT2D eigenvalue weighted by molar-refractivity contribution is 0.0179. The SMILES string of the molecule is CCNC(=NCC(c1ccc(OC)cc1)N1CCOCC1)NCCCCOCCOC.I. The Morgan fingerprint density at radius 3 is 2.47 bits per heavy atom. The lowest BCUT2D eigenvalue weighted by atomic mass is 10.0. The van der Waals surface area contributed by atoms with E-state index in [-0.39, 0.29) is 30.0 Å². The molecule has 2 rings (SSSR count). The van der Waals surface area contributed by atoms with Gasteiger partial charge in [0.25, 0.3) is 0 Å². The second kappa shape index (κ2) is 18.3. The number of benzene rings is 1. The molecule has 1 aliphatic rings. The van der Waals surface area contributed by atoms with Gasteiger partial charge in [-0.05, 0) is 37.5 Å². The van der Waals surface area contributed by atoms with Gasteiger partial charge < -0.3 is 29.6 Å². The van der Waals surface area contributed by atoms with Gasteiger partial charge in [-0.3, -0.25) is 9.89 Å². The zero-order valence-electron chi connectivity index (χ0n) is 19.8. The molecule has 0 bridgehead atoms. The first-order chi connectivity index (χ1) is 15.3. The predicted molar refractivity (Wildman–Crippen MR) is 139 cm³/mol. The molecule has 1 saturated heterocycles. The van der Waals surface area contributed by atoms with Gasteiger partial charge in [-0.15, -0.1) is 24.0 Å². The van der Waals surface area contributed by atoms with Crippen molar-refractivity contribution in [3.05, 3.63) is 29.8 Å². The van der Waals surface area contributed by atoms with Crippen LogP contribution in [0.4, 0.5) is 0 Å². The molecule has 8 nitrogen and oxygen atoms in total. The highest BCUT2D eigenvalue weighted by atomic mass is 127. The molecule has 0 radical (unpaired) electrons. The number of hydrogen-bond acceptors (Lipinski definition) is 6. The molecule has 0 saturated carbocycles. The van der Waals surface area contributed by atoms with Crippen molar-refractivity contribution < 1.29 is 18.9 Å². The minimum absolute atomic E-state index is 0. The van der Waals surface area contributed by atoms with Crippen molar-refractivity contribution in [2.75, 3.05) is 80.0 Å². The van der Waals surface area contributed by atoms with Gasteiger partial charge in [-0.2, -0.15) is 0 Å². The summed E-state index contributed by atoms with van der Waals surface area (Å²) in [5.74, 6) is 1.73. The molecule has 1 heterocycles. The Hall–Kier alpha value is -1.14. The maximum Gasteiger partial charge on any atom is 0.191 e. The third-order valence-corrected chi connectivity index (χ3v) is 5.19. The normalized spacial score (nSPS) is 15.7. The second-order valence-electron chi connectivity index (χ2n) is 7.40. The van der Waals surface area contributed by atoms with Crippen molar-refractivity contribution in [1.82, 2.24) is 15.5 Å². The van der Waals surface area contributed by atoms with E-state index in [0.29, 0.717) is 19.8 Å². The van der Waals surface area contributed by atoms with Crippen LogP contribution < -0.4 is 15.4 Å². The highest BCUT2D eigenvalue weighted by molar-refractivity contribution is 14.0. The van der Waals surface area contributed by atoms with Crippen LogP contribution in [0.25, 0.3) is 0 Å². The van der Waals surface area contributed by atoms with Gasteiger partial charge >= 0.3 is 0 Å². The summed E-state index contributed by atoms with van der Waals surface area (Å²) in [6, 6.07) is 8.52. The van der Waals surface area contributed by atoms with E-state index in [1.165, 1.54) is 5.56 Å². The highest BCUT2D eigenvalue weighted by Crippen LogP contribution is 2.24. The molecule has 32 heavy (non-hydrogen) atoms. The largest absolute Gasteiger partial charge is 0.497 e. The zero-order valence-corrected chi connectivity index (χ0v) is 22.1. The molecule has 1 fully saturated rings. The lowest BCUT2D eigenvalue weighted by Gasteiger charge is -2.34. The van der Waals surface area contributed by atoms with Gasteiger partial charge in [0.1, 0.15) is 5.75 Å². The fourth-order valence-electron chi connectivity index (χ4n) is 3.45. The fraction of sp³-hybridized carbons (Fsp3) is 0.696. The third kappa shape index (κ3) is 11.1. The van der Waals surface area contributed by atoms with Crippen LogP contribution in [0.1, 0.15) is 31.4 Å². The monoisotopic (exact) mass is 564 g/mol. The van der Waals surface area contributed by atoms with Crippen molar-refractivity contribution in [3.8, 4) is 5.75 Å². The molecule has 0 aliphatic carbocycles.